The molecule has 1 unspecified atom stereocenters. The van der Waals surface area contributed by atoms with Crippen molar-refractivity contribution < 1.29 is 18.6 Å². The van der Waals surface area contributed by atoms with Gasteiger partial charge in [0.25, 0.3) is 0 Å². The first kappa shape index (κ1) is 18.5. The summed E-state index contributed by atoms with van der Waals surface area (Å²) in [6, 6.07) is 6.46. The summed E-state index contributed by atoms with van der Waals surface area (Å²) < 4.78 is 31.7. The molecule has 4 nitrogen and oxygen atoms in total. The Bertz CT molecular complexity index is 780. The minimum atomic E-state index is -0.308. The van der Waals surface area contributed by atoms with E-state index in [0.29, 0.717) is 25.4 Å². The van der Waals surface area contributed by atoms with Crippen LogP contribution in [0.3, 0.4) is 0 Å². The molecule has 1 N–H and O–H groups in total. The van der Waals surface area contributed by atoms with Crippen molar-refractivity contribution in [2.45, 2.75) is 50.9 Å². The molecule has 4 rings (SSSR count). The van der Waals surface area contributed by atoms with E-state index in [-0.39, 0.29) is 35.4 Å². The van der Waals surface area contributed by atoms with Gasteiger partial charge in [0, 0.05) is 17.2 Å². The Morgan fingerprint density at radius 3 is 2.67 bits per heavy atom. The molecule has 2 heterocycles. The molecule has 0 spiro atoms. The molecule has 5 heteroatoms. The van der Waals surface area contributed by atoms with E-state index in [1.807, 2.05) is 6.08 Å². The van der Waals surface area contributed by atoms with Crippen molar-refractivity contribution in [1.29, 1.82) is 0 Å². The maximum Gasteiger partial charge on any atom is 0.161 e. The lowest BCUT2D eigenvalue weighted by Crippen LogP contribution is -2.51. The van der Waals surface area contributed by atoms with Crippen molar-refractivity contribution in [1.82, 2.24) is 0 Å². The SMILES string of the molecule is COC1=CCC([C@@H]2Nc3ccc(C(C)(C)C)cc3[C@H]3OCCO[C@H]32)C=C1F. The summed E-state index contributed by atoms with van der Waals surface area (Å²) in [5.41, 5.74) is 3.52. The van der Waals surface area contributed by atoms with Gasteiger partial charge in [-0.3, -0.25) is 0 Å². The third-order valence-electron chi connectivity index (χ3n) is 5.74. The summed E-state index contributed by atoms with van der Waals surface area (Å²) in [4.78, 5) is 0. The average Bonchev–Trinajstić information content (AvgIpc) is 2.66. The highest BCUT2D eigenvalue weighted by Crippen LogP contribution is 2.44. The van der Waals surface area contributed by atoms with Gasteiger partial charge in [0.05, 0.1) is 26.4 Å². The van der Waals surface area contributed by atoms with Gasteiger partial charge in [0.1, 0.15) is 18.0 Å². The number of halogens is 1. The molecule has 0 saturated carbocycles. The zero-order valence-corrected chi connectivity index (χ0v) is 16.4. The number of hydrogen-bond donors (Lipinski definition) is 1. The molecule has 0 amide bonds. The Labute approximate surface area is 160 Å². The Hall–Kier alpha value is -1.85. The van der Waals surface area contributed by atoms with Gasteiger partial charge >= 0.3 is 0 Å². The fourth-order valence-electron chi connectivity index (χ4n) is 4.22. The second-order valence-corrected chi connectivity index (χ2v) is 8.54. The molecule has 1 fully saturated rings. The zero-order chi connectivity index (χ0) is 19.2. The van der Waals surface area contributed by atoms with Gasteiger partial charge in [-0.2, -0.15) is 0 Å². The Morgan fingerprint density at radius 2 is 1.96 bits per heavy atom. The fourth-order valence-corrected chi connectivity index (χ4v) is 4.22. The Balaban J connectivity index is 1.68. The molecule has 0 bridgehead atoms. The quantitative estimate of drug-likeness (QED) is 0.820. The molecule has 1 saturated heterocycles. The first-order valence-corrected chi connectivity index (χ1v) is 9.64. The van der Waals surface area contributed by atoms with Crippen molar-refractivity contribution in [3.8, 4) is 0 Å². The van der Waals surface area contributed by atoms with Crippen molar-refractivity contribution in [3.63, 3.8) is 0 Å². The van der Waals surface area contributed by atoms with E-state index >= 15 is 0 Å². The summed E-state index contributed by atoms with van der Waals surface area (Å²) in [6.45, 7) is 7.76. The minimum absolute atomic E-state index is 0.0199. The van der Waals surface area contributed by atoms with Gasteiger partial charge in [-0.15, -0.1) is 0 Å². The maximum atomic E-state index is 14.3. The van der Waals surface area contributed by atoms with E-state index < -0.39 is 0 Å². The van der Waals surface area contributed by atoms with Gasteiger partial charge in [-0.1, -0.05) is 32.9 Å². The van der Waals surface area contributed by atoms with Crippen molar-refractivity contribution in [2.75, 3.05) is 25.6 Å². The molecule has 3 aliphatic rings. The summed E-state index contributed by atoms with van der Waals surface area (Å²) in [5, 5.41) is 3.61. The standard InChI is InChI=1S/C22H28FNO3/c1-22(2,3)14-6-7-17-15(12-14)20-21(27-10-9-26-20)19(24-17)13-5-8-18(25-4)16(23)11-13/h6-8,11-13,19-21,24H,5,9-10H2,1-4H3/t13?,19-,20+,21-/m0/s1. The van der Waals surface area contributed by atoms with Crippen LogP contribution in [0.2, 0.25) is 0 Å². The number of allylic oxidation sites excluding steroid dienone is 2. The lowest BCUT2D eigenvalue weighted by Gasteiger charge is -2.45. The highest BCUT2D eigenvalue weighted by atomic mass is 19.1. The molecule has 4 atom stereocenters. The van der Waals surface area contributed by atoms with Crippen LogP contribution < -0.4 is 5.32 Å². The average molecular weight is 373 g/mol. The topological polar surface area (TPSA) is 39.7 Å². The fraction of sp³-hybridized carbons (Fsp3) is 0.545. The van der Waals surface area contributed by atoms with Crippen LogP contribution in [0.1, 0.15) is 44.4 Å². The third-order valence-corrected chi connectivity index (χ3v) is 5.74. The van der Waals surface area contributed by atoms with E-state index in [0.717, 1.165) is 11.3 Å². The van der Waals surface area contributed by atoms with E-state index in [9.17, 15) is 4.39 Å². The number of anilines is 1. The lowest BCUT2D eigenvalue weighted by atomic mass is 9.79. The smallest absolute Gasteiger partial charge is 0.161 e. The monoisotopic (exact) mass is 373 g/mol. The van der Waals surface area contributed by atoms with Crippen molar-refractivity contribution in [3.05, 3.63) is 53.1 Å². The number of methoxy groups -OCH3 is 1. The van der Waals surface area contributed by atoms with Crippen LogP contribution in [0.15, 0.2) is 41.9 Å². The molecule has 146 valence electrons. The number of nitrogens with one attached hydrogen (secondary N) is 1. The molecule has 1 aromatic carbocycles. The van der Waals surface area contributed by atoms with Gasteiger partial charge < -0.3 is 19.5 Å². The molecule has 0 radical (unpaired) electrons. The number of benzene rings is 1. The van der Waals surface area contributed by atoms with Crippen LogP contribution in [0.5, 0.6) is 0 Å². The van der Waals surface area contributed by atoms with Crippen molar-refractivity contribution in [2.24, 2.45) is 5.92 Å². The predicted molar refractivity (Wildman–Crippen MR) is 103 cm³/mol. The second-order valence-electron chi connectivity index (χ2n) is 8.54. The Kier molecular flexibility index (Phi) is 4.77. The first-order valence-electron chi connectivity index (χ1n) is 9.64. The van der Waals surface area contributed by atoms with Gasteiger partial charge in [-0.25, -0.2) is 4.39 Å². The van der Waals surface area contributed by atoms with Gasteiger partial charge in [0.2, 0.25) is 0 Å². The van der Waals surface area contributed by atoms with Gasteiger partial charge in [-0.05, 0) is 35.6 Å². The highest BCUT2D eigenvalue weighted by Gasteiger charge is 2.44. The van der Waals surface area contributed by atoms with Crippen LogP contribution in [0, 0.1) is 5.92 Å². The van der Waals surface area contributed by atoms with Crippen LogP contribution >= 0.6 is 0 Å². The summed E-state index contributed by atoms with van der Waals surface area (Å²) in [5.74, 6) is -0.0131. The predicted octanol–water partition coefficient (Wildman–Crippen LogP) is 4.64. The molecular weight excluding hydrogens is 345 g/mol. The lowest BCUT2D eigenvalue weighted by molar-refractivity contribution is -0.153. The highest BCUT2D eigenvalue weighted by molar-refractivity contribution is 5.59. The summed E-state index contributed by atoms with van der Waals surface area (Å²) in [6.07, 6.45) is 3.90. The van der Waals surface area contributed by atoms with Crippen LogP contribution in [0.25, 0.3) is 0 Å². The largest absolute Gasteiger partial charge is 0.494 e. The molecule has 1 aromatic rings. The Morgan fingerprint density at radius 1 is 1.19 bits per heavy atom. The molecular formula is C22H28FNO3. The number of hydrogen-bond acceptors (Lipinski definition) is 4. The van der Waals surface area contributed by atoms with E-state index in [2.05, 4.69) is 44.3 Å². The summed E-state index contributed by atoms with van der Waals surface area (Å²) >= 11 is 0. The van der Waals surface area contributed by atoms with E-state index in [1.54, 1.807) is 6.08 Å². The van der Waals surface area contributed by atoms with Crippen molar-refractivity contribution >= 4 is 5.69 Å². The molecule has 0 aromatic heterocycles. The summed E-state index contributed by atoms with van der Waals surface area (Å²) in [7, 11) is 1.50. The molecule has 2 aliphatic heterocycles. The van der Waals surface area contributed by atoms with E-state index in [4.69, 9.17) is 14.2 Å². The third kappa shape index (κ3) is 3.39. The zero-order valence-electron chi connectivity index (χ0n) is 16.4. The van der Waals surface area contributed by atoms with Crippen LogP contribution in [0.4, 0.5) is 10.1 Å². The van der Waals surface area contributed by atoms with Crippen LogP contribution in [-0.4, -0.2) is 32.5 Å². The second kappa shape index (κ2) is 6.95. The van der Waals surface area contributed by atoms with Crippen LogP contribution in [-0.2, 0) is 19.6 Å². The van der Waals surface area contributed by atoms with E-state index in [1.165, 1.54) is 12.7 Å². The normalized spacial score (nSPS) is 30.4. The van der Waals surface area contributed by atoms with Gasteiger partial charge in [0.15, 0.2) is 5.83 Å². The number of fused-ring (bicyclic) bond motifs is 3. The minimum Gasteiger partial charge on any atom is -0.494 e. The number of rotatable bonds is 2. The molecule has 1 aliphatic carbocycles. The maximum absolute atomic E-state index is 14.3. The first-order chi connectivity index (χ1) is 12.9. The number of ether oxygens (including phenoxy) is 3. The molecule has 27 heavy (non-hydrogen) atoms.